The van der Waals surface area contributed by atoms with Crippen LogP contribution in [0, 0.1) is 18.8 Å². The minimum atomic E-state index is -0.141. The number of nitrogens with zero attached hydrogens (tertiary/aromatic N) is 4. The molecule has 0 N–H and O–H groups in total. The average Bonchev–Trinajstić information content (AvgIpc) is 3.90. The van der Waals surface area contributed by atoms with Crippen molar-refractivity contribution in [2.24, 2.45) is 0 Å². The molecule has 0 bridgehead atoms. The first kappa shape index (κ1) is 39.9. The van der Waals surface area contributed by atoms with Crippen LogP contribution in [-0.4, -0.2) is 9.61 Å². The zero-order valence-electron chi connectivity index (χ0n) is 36.0. The van der Waals surface area contributed by atoms with Crippen molar-refractivity contribution >= 4 is 49.9 Å². The van der Waals surface area contributed by atoms with Crippen molar-refractivity contribution in [1.29, 1.82) is 0 Å². The third-order valence-electron chi connectivity index (χ3n) is 13.6. The molecule has 3 heterocycles. The van der Waals surface area contributed by atoms with Gasteiger partial charge in [-0.1, -0.05) is 139 Å². The normalized spacial score (nSPS) is 15.0. The van der Waals surface area contributed by atoms with Crippen molar-refractivity contribution in [1.82, 2.24) is 9.61 Å². The second-order valence-corrected chi connectivity index (χ2v) is 18.7. The van der Waals surface area contributed by atoms with Gasteiger partial charge in [-0.25, -0.2) is 0 Å². The maximum atomic E-state index is 6.67. The predicted octanol–water partition coefficient (Wildman–Crippen LogP) is 14.6. The number of hydrogen-bond acceptors (Lipinski definition) is 4. The number of benzene rings is 7. The summed E-state index contributed by atoms with van der Waals surface area (Å²) in [6.45, 7) is 18.6. The van der Waals surface area contributed by atoms with Gasteiger partial charge >= 0.3 is 0 Å². The van der Waals surface area contributed by atoms with Gasteiger partial charge < -0.3 is 14.5 Å². The van der Waals surface area contributed by atoms with E-state index in [4.69, 9.17) is 9.84 Å². The summed E-state index contributed by atoms with van der Waals surface area (Å²) in [4.78, 5) is 4.46. The summed E-state index contributed by atoms with van der Waals surface area (Å²) < 4.78 is 8.76. The molecule has 0 saturated heterocycles. The molecular weight excluding hydrogens is 940 g/mol. The zero-order chi connectivity index (χ0) is 41.8. The molecule has 0 radical (unpaired) electrons. The molecule has 9 aromatic rings. The summed E-state index contributed by atoms with van der Waals surface area (Å²) in [5, 5.41) is 8.70. The molecule has 0 spiro atoms. The Labute approximate surface area is 378 Å². The first-order valence-electron chi connectivity index (χ1n) is 21.2. The Morgan fingerprint density at radius 1 is 0.581 bits per heavy atom. The van der Waals surface area contributed by atoms with E-state index in [0.717, 1.165) is 44.8 Å². The van der Waals surface area contributed by atoms with E-state index >= 15 is 0 Å². The quantitative estimate of drug-likeness (QED) is 0.123. The zero-order valence-corrected chi connectivity index (χ0v) is 38.3. The van der Waals surface area contributed by atoms with Crippen LogP contribution in [0.15, 0.2) is 152 Å². The van der Waals surface area contributed by atoms with Gasteiger partial charge in [0.15, 0.2) is 0 Å². The Hall–Kier alpha value is -6.16. The summed E-state index contributed by atoms with van der Waals surface area (Å²) in [5.74, 6) is 1.22. The van der Waals surface area contributed by atoms with Gasteiger partial charge in [0, 0.05) is 60.6 Å². The van der Waals surface area contributed by atoms with E-state index in [1.165, 1.54) is 44.1 Å². The smallest absolute Gasteiger partial charge is 0.0752 e. The van der Waals surface area contributed by atoms with Crippen LogP contribution in [0.1, 0.15) is 65.2 Å². The van der Waals surface area contributed by atoms with E-state index in [0.29, 0.717) is 11.5 Å². The van der Waals surface area contributed by atoms with Crippen LogP contribution in [0.5, 0.6) is 11.5 Å². The van der Waals surface area contributed by atoms with E-state index in [1.807, 2.05) is 18.2 Å². The van der Waals surface area contributed by atoms with Crippen LogP contribution in [-0.2, 0) is 37.3 Å². The largest absolute Gasteiger partial charge is 0.509 e. The molecule has 0 unspecified atom stereocenters. The molecule has 310 valence electrons. The van der Waals surface area contributed by atoms with Crippen molar-refractivity contribution in [3.63, 3.8) is 0 Å². The molecule has 11 rings (SSSR count). The summed E-state index contributed by atoms with van der Waals surface area (Å²) in [7, 11) is 0. The van der Waals surface area contributed by atoms with Crippen LogP contribution >= 0.6 is 0 Å². The minimum Gasteiger partial charge on any atom is -0.509 e. The van der Waals surface area contributed by atoms with Gasteiger partial charge in [0.25, 0.3) is 0 Å². The Kier molecular flexibility index (Phi) is 9.32. The van der Waals surface area contributed by atoms with Gasteiger partial charge in [0.1, 0.15) is 0 Å². The molecular formula is C56H47N4OPt-3. The number of rotatable bonds is 6. The fourth-order valence-corrected chi connectivity index (χ4v) is 9.44. The third kappa shape index (κ3) is 6.19. The molecule has 0 atom stereocenters. The molecule has 0 saturated carbocycles. The Morgan fingerprint density at radius 3 is 1.85 bits per heavy atom. The maximum absolute atomic E-state index is 6.67. The van der Waals surface area contributed by atoms with E-state index in [-0.39, 0.29) is 37.3 Å². The molecule has 1 aliphatic heterocycles. The Balaban J connectivity index is 0.00000458. The van der Waals surface area contributed by atoms with Crippen LogP contribution in [0.4, 0.5) is 22.7 Å². The van der Waals surface area contributed by atoms with Gasteiger partial charge in [-0.05, 0) is 85.4 Å². The third-order valence-corrected chi connectivity index (χ3v) is 13.6. The molecule has 0 amide bonds. The summed E-state index contributed by atoms with van der Waals surface area (Å²) in [6.07, 6.45) is 2.07. The van der Waals surface area contributed by atoms with Gasteiger partial charge in [0.05, 0.1) is 11.7 Å². The summed E-state index contributed by atoms with van der Waals surface area (Å²) >= 11 is 0. The number of hydrogen-bond donors (Lipinski definition) is 0. The fraction of sp³-hybridized carbons (Fsp3) is 0.179. The SMILES string of the molecule is CC(C)(C)c1cc2c3c(c1)c1ccc(Oc4[c-]c(N5[CH-]N(c6cc(-c7ccccc7)cc(-c7ccccc7)c6)c6ccccc65)ccc4)[c-]c1n1ncc(c31)C(C)(C)C2(C)C.[Pt]. The van der Waals surface area contributed by atoms with Gasteiger partial charge in [-0.2, -0.15) is 17.2 Å². The van der Waals surface area contributed by atoms with Crippen molar-refractivity contribution in [3.8, 4) is 33.8 Å². The summed E-state index contributed by atoms with van der Waals surface area (Å²) in [5.41, 5.74) is 14.5. The molecule has 6 heteroatoms. The van der Waals surface area contributed by atoms with Gasteiger partial charge in [-0.15, -0.1) is 48.1 Å². The number of aromatic nitrogens is 2. The van der Waals surface area contributed by atoms with Gasteiger partial charge in [0.2, 0.25) is 0 Å². The molecule has 2 aromatic heterocycles. The van der Waals surface area contributed by atoms with E-state index < -0.39 is 0 Å². The topological polar surface area (TPSA) is 33.0 Å². The molecule has 62 heavy (non-hydrogen) atoms. The number of anilines is 4. The van der Waals surface area contributed by atoms with Crippen LogP contribution < -0.4 is 14.5 Å². The van der Waals surface area contributed by atoms with Crippen LogP contribution in [0.2, 0.25) is 0 Å². The van der Waals surface area contributed by atoms with Crippen molar-refractivity contribution in [3.05, 3.63) is 187 Å². The summed E-state index contributed by atoms with van der Waals surface area (Å²) in [6, 6.07) is 58.9. The predicted molar refractivity (Wildman–Crippen MR) is 251 cm³/mol. The average molecular weight is 987 g/mol. The van der Waals surface area contributed by atoms with E-state index in [1.54, 1.807) is 0 Å². The van der Waals surface area contributed by atoms with E-state index in [2.05, 4.69) is 215 Å². The number of fused-ring (bicyclic) bond motifs is 4. The van der Waals surface area contributed by atoms with Crippen LogP contribution in [0.25, 0.3) is 49.4 Å². The monoisotopic (exact) mass is 986 g/mol. The first-order chi connectivity index (χ1) is 29.4. The second kappa shape index (κ2) is 14.5. The number of para-hydroxylation sites is 2. The molecule has 1 aliphatic carbocycles. The number of pyridine rings is 1. The minimum absolute atomic E-state index is 0. The fourth-order valence-electron chi connectivity index (χ4n) is 9.44. The second-order valence-electron chi connectivity index (χ2n) is 18.7. The van der Waals surface area contributed by atoms with Crippen molar-refractivity contribution in [2.75, 3.05) is 9.80 Å². The van der Waals surface area contributed by atoms with E-state index in [9.17, 15) is 0 Å². The van der Waals surface area contributed by atoms with Crippen molar-refractivity contribution < 1.29 is 25.8 Å². The van der Waals surface area contributed by atoms with Gasteiger partial charge in [-0.3, -0.25) is 4.52 Å². The first-order valence-corrected chi connectivity index (χ1v) is 21.2. The molecule has 0 fully saturated rings. The Bertz CT molecular complexity index is 3140. The number of ether oxygens (including phenoxy) is 1. The Morgan fingerprint density at radius 2 is 1.19 bits per heavy atom. The molecule has 2 aliphatic rings. The molecule has 5 nitrogen and oxygen atoms in total. The molecule has 7 aromatic carbocycles. The maximum Gasteiger partial charge on any atom is 0.0752 e. The standard InChI is InChI=1S/C56H47N4O.Pt/c1-54(2,3)40-30-46-45-26-25-44(33-51(45)60-53-48(34-57-60)56(6,7)55(4,5)47(31-40)52(46)53)61-43-22-16-21-41(32-43)58-35-59(50-24-15-14-23-49(50)58)42-28-38(36-17-10-8-11-18-36)27-39(29-42)37-19-12-9-13-20-37;/h8-31,34-35H,1-7H3;/q-3;. The van der Waals surface area contributed by atoms with Crippen LogP contribution in [0.3, 0.4) is 0 Å². The van der Waals surface area contributed by atoms with Crippen molar-refractivity contribution in [2.45, 2.75) is 64.7 Å².